The van der Waals surface area contributed by atoms with E-state index < -0.39 is 0 Å². The van der Waals surface area contributed by atoms with Crippen molar-refractivity contribution < 1.29 is 4.79 Å². The van der Waals surface area contributed by atoms with E-state index in [0.717, 1.165) is 12.2 Å². The lowest BCUT2D eigenvalue weighted by atomic mass is 10.2. The molecule has 0 aliphatic rings. The predicted molar refractivity (Wildman–Crippen MR) is 72.3 cm³/mol. The zero-order chi connectivity index (χ0) is 12.8. The van der Waals surface area contributed by atoms with E-state index in [1.807, 2.05) is 52.1 Å². The Kier molecular flexibility index (Phi) is 5.16. The van der Waals surface area contributed by atoms with Crippen molar-refractivity contribution in [3.63, 3.8) is 0 Å². The fraction of sp³-hybridized carbons (Fsp3) is 0.500. The molecule has 1 unspecified atom stereocenters. The topological polar surface area (TPSA) is 32.3 Å². The van der Waals surface area contributed by atoms with Gasteiger partial charge in [0.25, 0.3) is 0 Å². The van der Waals surface area contributed by atoms with Crippen LogP contribution in [-0.2, 0) is 4.79 Å². The summed E-state index contributed by atoms with van der Waals surface area (Å²) in [4.78, 5) is 13.7. The van der Waals surface area contributed by atoms with Crippen molar-refractivity contribution in [1.82, 2.24) is 5.32 Å². The summed E-state index contributed by atoms with van der Waals surface area (Å²) < 4.78 is 0. The van der Waals surface area contributed by atoms with Gasteiger partial charge in [-0.25, -0.2) is 0 Å². The zero-order valence-electron chi connectivity index (χ0n) is 11.2. The Hall–Kier alpha value is -1.35. The minimum atomic E-state index is 0.141. The van der Waals surface area contributed by atoms with Crippen molar-refractivity contribution in [2.75, 3.05) is 18.5 Å². The molecule has 1 atom stereocenters. The van der Waals surface area contributed by atoms with Crippen molar-refractivity contribution in [2.45, 2.75) is 33.2 Å². The van der Waals surface area contributed by atoms with E-state index in [4.69, 9.17) is 0 Å². The van der Waals surface area contributed by atoms with Crippen molar-refractivity contribution in [3.8, 4) is 0 Å². The second-order valence-corrected chi connectivity index (χ2v) is 4.45. The van der Waals surface area contributed by atoms with E-state index in [1.165, 1.54) is 5.56 Å². The molecule has 3 nitrogen and oxygen atoms in total. The van der Waals surface area contributed by atoms with Crippen LogP contribution in [0.3, 0.4) is 0 Å². The van der Waals surface area contributed by atoms with Gasteiger partial charge in [0.2, 0.25) is 5.91 Å². The van der Waals surface area contributed by atoms with Gasteiger partial charge in [0.05, 0.1) is 0 Å². The van der Waals surface area contributed by atoms with Gasteiger partial charge in [-0.15, -0.1) is 0 Å². The molecule has 0 saturated heterocycles. The second-order valence-electron chi connectivity index (χ2n) is 4.45. The number of amides is 1. The molecule has 0 aromatic heterocycles. The number of carbonyl (C=O) groups excluding carboxylic acids is 1. The quantitative estimate of drug-likeness (QED) is 0.848. The highest BCUT2D eigenvalue weighted by Crippen LogP contribution is 2.14. The summed E-state index contributed by atoms with van der Waals surface area (Å²) in [5, 5.41) is 3.24. The normalized spacial score (nSPS) is 12.2. The maximum Gasteiger partial charge on any atom is 0.228 e. The lowest BCUT2D eigenvalue weighted by Gasteiger charge is -2.20. The lowest BCUT2D eigenvalue weighted by Crippen LogP contribution is -2.34. The molecule has 3 heteroatoms. The number of hydrogen-bond donors (Lipinski definition) is 1. The molecule has 0 saturated carbocycles. The van der Waals surface area contributed by atoms with Gasteiger partial charge < -0.3 is 10.2 Å². The Bertz CT molecular complexity index is 359. The Morgan fingerprint density at radius 3 is 2.47 bits per heavy atom. The van der Waals surface area contributed by atoms with Crippen LogP contribution in [0.2, 0.25) is 0 Å². The van der Waals surface area contributed by atoms with Gasteiger partial charge in [-0.2, -0.15) is 0 Å². The number of nitrogens with one attached hydrogen (secondary N) is 1. The fourth-order valence-corrected chi connectivity index (χ4v) is 1.73. The smallest absolute Gasteiger partial charge is 0.228 e. The number of hydrogen-bond acceptors (Lipinski definition) is 2. The van der Waals surface area contributed by atoms with E-state index in [9.17, 15) is 4.79 Å². The molecule has 1 aromatic rings. The molecule has 17 heavy (non-hydrogen) atoms. The molecule has 0 aliphatic carbocycles. The van der Waals surface area contributed by atoms with Crippen molar-refractivity contribution in [3.05, 3.63) is 29.8 Å². The van der Waals surface area contributed by atoms with E-state index in [-0.39, 0.29) is 11.9 Å². The lowest BCUT2D eigenvalue weighted by molar-refractivity contribution is -0.118. The zero-order valence-corrected chi connectivity index (χ0v) is 11.2. The number of anilines is 1. The maximum absolute atomic E-state index is 12.0. The Labute approximate surface area is 104 Å². The number of aryl methyl sites for hydroxylation is 1. The summed E-state index contributed by atoms with van der Waals surface area (Å²) in [6, 6.07) is 8.22. The van der Waals surface area contributed by atoms with Gasteiger partial charge in [-0.05, 0) is 32.5 Å². The summed E-state index contributed by atoms with van der Waals surface area (Å²) in [7, 11) is 1.83. The SMILES string of the molecule is CCNC(C)CC(=O)N(C)c1ccc(C)cc1. The van der Waals surface area contributed by atoms with Crippen molar-refractivity contribution >= 4 is 11.6 Å². The van der Waals surface area contributed by atoms with Crippen LogP contribution < -0.4 is 10.2 Å². The predicted octanol–water partition coefficient (Wildman–Crippen LogP) is 2.35. The molecular formula is C14H22N2O. The summed E-state index contributed by atoms with van der Waals surface area (Å²) >= 11 is 0. The molecule has 0 fully saturated rings. The van der Waals surface area contributed by atoms with Crippen LogP contribution in [0.1, 0.15) is 25.8 Å². The van der Waals surface area contributed by atoms with Crippen LogP contribution >= 0.6 is 0 Å². The molecular weight excluding hydrogens is 212 g/mol. The van der Waals surface area contributed by atoms with Gasteiger partial charge in [0.15, 0.2) is 0 Å². The van der Waals surface area contributed by atoms with E-state index in [2.05, 4.69) is 5.32 Å². The second kappa shape index (κ2) is 6.40. The van der Waals surface area contributed by atoms with Crippen molar-refractivity contribution in [1.29, 1.82) is 0 Å². The summed E-state index contributed by atoms with van der Waals surface area (Å²) in [5.74, 6) is 0.141. The first-order chi connectivity index (χ1) is 8.04. The standard InChI is InChI=1S/C14H22N2O/c1-5-15-12(3)10-14(17)16(4)13-8-6-11(2)7-9-13/h6-9,12,15H,5,10H2,1-4H3. The minimum Gasteiger partial charge on any atom is -0.315 e. The Morgan fingerprint density at radius 2 is 1.94 bits per heavy atom. The van der Waals surface area contributed by atoms with Crippen LogP contribution in [0.4, 0.5) is 5.69 Å². The third kappa shape index (κ3) is 4.19. The number of benzene rings is 1. The van der Waals surface area contributed by atoms with Gasteiger partial charge in [-0.1, -0.05) is 24.6 Å². The minimum absolute atomic E-state index is 0.141. The van der Waals surface area contributed by atoms with E-state index >= 15 is 0 Å². The van der Waals surface area contributed by atoms with Crippen LogP contribution in [0.5, 0.6) is 0 Å². The third-order valence-electron chi connectivity index (χ3n) is 2.83. The Morgan fingerprint density at radius 1 is 1.35 bits per heavy atom. The number of nitrogens with zero attached hydrogens (tertiary/aromatic N) is 1. The molecule has 0 aliphatic heterocycles. The van der Waals surface area contributed by atoms with Gasteiger partial charge >= 0.3 is 0 Å². The first-order valence-electron chi connectivity index (χ1n) is 6.11. The fourth-order valence-electron chi connectivity index (χ4n) is 1.73. The highest BCUT2D eigenvalue weighted by molar-refractivity contribution is 5.93. The molecule has 0 radical (unpaired) electrons. The van der Waals surface area contributed by atoms with E-state index in [1.54, 1.807) is 4.90 Å². The molecule has 0 spiro atoms. The summed E-state index contributed by atoms with van der Waals surface area (Å²) in [6.45, 7) is 7.01. The number of rotatable bonds is 5. The van der Waals surface area contributed by atoms with Gasteiger partial charge in [0.1, 0.15) is 0 Å². The van der Waals surface area contributed by atoms with Crippen LogP contribution in [-0.4, -0.2) is 25.5 Å². The van der Waals surface area contributed by atoms with Gasteiger partial charge in [-0.3, -0.25) is 4.79 Å². The Balaban J connectivity index is 2.60. The molecule has 1 N–H and O–H groups in total. The molecule has 1 amide bonds. The van der Waals surface area contributed by atoms with Crippen LogP contribution in [0.25, 0.3) is 0 Å². The maximum atomic E-state index is 12.0. The average Bonchev–Trinajstić information content (AvgIpc) is 2.29. The third-order valence-corrected chi connectivity index (χ3v) is 2.83. The van der Waals surface area contributed by atoms with Crippen LogP contribution in [0.15, 0.2) is 24.3 Å². The molecule has 0 heterocycles. The first kappa shape index (κ1) is 13.7. The molecule has 94 valence electrons. The van der Waals surface area contributed by atoms with Crippen LogP contribution in [0, 0.1) is 6.92 Å². The summed E-state index contributed by atoms with van der Waals surface area (Å²) in [5.41, 5.74) is 2.15. The summed E-state index contributed by atoms with van der Waals surface area (Å²) in [6.07, 6.45) is 0.526. The monoisotopic (exact) mass is 234 g/mol. The van der Waals surface area contributed by atoms with Gasteiger partial charge in [0, 0.05) is 25.2 Å². The first-order valence-corrected chi connectivity index (χ1v) is 6.11. The molecule has 1 rings (SSSR count). The highest BCUT2D eigenvalue weighted by atomic mass is 16.2. The average molecular weight is 234 g/mol. The molecule has 0 bridgehead atoms. The largest absolute Gasteiger partial charge is 0.315 e. The van der Waals surface area contributed by atoms with E-state index in [0.29, 0.717) is 6.42 Å². The van der Waals surface area contributed by atoms with Crippen molar-refractivity contribution in [2.24, 2.45) is 0 Å². The number of carbonyl (C=O) groups is 1. The highest BCUT2D eigenvalue weighted by Gasteiger charge is 2.13. The molecule has 1 aromatic carbocycles.